The van der Waals surface area contributed by atoms with Crippen molar-refractivity contribution in [3.8, 4) is 0 Å². The Balaban J connectivity index is 1.36. The van der Waals surface area contributed by atoms with Gasteiger partial charge in [0.25, 0.3) is 5.56 Å². The zero-order chi connectivity index (χ0) is 20.8. The highest BCUT2D eigenvalue weighted by Gasteiger charge is 2.19. The Bertz CT molecular complexity index is 1030. The number of anilines is 2. The molecule has 0 spiro atoms. The summed E-state index contributed by atoms with van der Waals surface area (Å²) in [7, 11) is 0. The van der Waals surface area contributed by atoms with E-state index in [0.717, 1.165) is 31.7 Å². The van der Waals surface area contributed by atoms with Crippen molar-refractivity contribution in [3.05, 3.63) is 82.9 Å². The first kappa shape index (κ1) is 19.6. The summed E-state index contributed by atoms with van der Waals surface area (Å²) < 4.78 is 1.22. The molecule has 154 valence electrons. The highest BCUT2D eigenvalue weighted by molar-refractivity contribution is 5.75. The smallest absolute Gasteiger partial charge is 0.267 e. The quantitative estimate of drug-likeness (QED) is 0.667. The van der Waals surface area contributed by atoms with Gasteiger partial charge in [-0.15, -0.1) is 0 Å². The van der Waals surface area contributed by atoms with Crippen LogP contribution in [0.5, 0.6) is 0 Å². The van der Waals surface area contributed by atoms with E-state index in [0.29, 0.717) is 12.4 Å². The number of amides is 1. The molecule has 8 nitrogen and oxygen atoms in total. The molecule has 1 N–H and O–H groups in total. The topological polar surface area (TPSA) is 83.4 Å². The fourth-order valence-electron chi connectivity index (χ4n) is 3.45. The summed E-state index contributed by atoms with van der Waals surface area (Å²) in [6.45, 7) is 3.62. The number of nitrogens with one attached hydrogen (secondary N) is 1. The Hall–Kier alpha value is -3.68. The van der Waals surface area contributed by atoms with Crippen molar-refractivity contribution in [3.63, 3.8) is 0 Å². The van der Waals surface area contributed by atoms with Crippen molar-refractivity contribution < 1.29 is 4.79 Å². The molecule has 4 rings (SSSR count). The van der Waals surface area contributed by atoms with Gasteiger partial charge in [0.2, 0.25) is 5.91 Å². The summed E-state index contributed by atoms with van der Waals surface area (Å²) in [4.78, 5) is 32.9. The first-order valence-corrected chi connectivity index (χ1v) is 9.98. The van der Waals surface area contributed by atoms with Crippen molar-refractivity contribution in [2.45, 2.75) is 13.1 Å². The SMILES string of the molecule is O=C(Cn1nc(N2CCN(c3ccccc3)CC2)ccc1=O)NCc1ccncc1. The van der Waals surface area contributed by atoms with Crippen LogP contribution < -0.4 is 20.7 Å². The second kappa shape index (κ2) is 9.21. The Morgan fingerprint density at radius 2 is 1.60 bits per heavy atom. The van der Waals surface area contributed by atoms with E-state index in [1.54, 1.807) is 18.5 Å². The third kappa shape index (κ3) is 4.83. The van der Waals surface area contributed by atoms with Crippen molar-refractivity contribution >= 4 is 17.4 Å². The minimum atomic E-state index is -0.291. The number of nitrogens with zero attached hydrogens (tertiary/aromatic N) is 5. The van der Waals surface area contributed by atoms with Crippen molar-refractivity contribution in [1.82, 2.24) is 20.1 Å². The van der Waals surface area contributed by atoms with Crippen LogP contribution in [-0.4, -0.2) is 46.9 Å². The predicted octanol–water partition coefficient (Wildman–Crippen LogP) is 1.28. The number of hydrogen-bond donors (Lipinski definition) is 1. The van der Waals surface area contributed by atoms with Crippen molar-refractivity contribution in [1.29, 1.82) is 0 Å². The molecule has 1 amide bonds. The van der Waals surface area contributed by atoms with Gasteiger partial charge in [0, 0.05) is 56.9 Å². The maximum Gasteiger partial charge on any atom is 0.267 e. The maximum atomic E-state index is 12.3. The summed E-state index contributed by atoms with van der Waals surface area (Å²) in [5, 5.41) is 7.24. The van der Waals surface area contributed by atoms with E-state index in [4.69, 9.17) is 0 Å². The lowest BCUT2D eigenvalue weighted by Gasteiger charge is -2.36. The molecule has 1 aliphatic rings. The van der Waals surface area contributed by atoms with E-state index >= 15 is 0 Å². The molecule has 3 heterocycles. The van der Waals surface area contributed by atoms with E-state index in [9.17, 15) is 9.59 Å². The molecular weight excluding hydrogens is 380 g/mol. The number of hydrogen-bond acceptors (Lipinski definition) is 6. The molecule has 0 atom stereocenters. The first-order valence-electron chi connectivity index (χ1n) is 9.98. The molecule has 3 aromatic rings. The lowest BCUT2D eigenvalue weighted by atomic mass is 10.2. The van der Waals surface area contributed by atoms with Crippen molar-refractivity contribution in [2.75, 3.05) is 36.0 Å². The average Bonchev–Trinajstić information content (AvgIpc) is 2.80. The van der Waals surface area contributed by atoms with Crippen LogP contribution in [0.25, 0.3) is 0 Å². The molecule has 1 fully saturated rings. The summed E-state index contributed by atoms with van der Waals surface area (Å²) in [6.07, 6.45) is 3.35. The summed E-state index contributed by atoms with van der Waals surface area (Å²) in [6, 6.07) is 17.2. The fourth-order valence-corrected chi connectivity index (χ4v) is 3.45. The monoisotopic (exact) mass is 404 g/mol. The van der Waals surface area contributed by atoms with Crippen LogP contribution in [0, 0.1) is 0 Å². The molecule has 8 heteroatoms. The minimum Gasteiger partial charge on any atom is -0.368 e. The molecule has 1 aliphatic heterocycles. The van der Waals surface area contributed by atoms with Gasteiger partial charge in [0.05, 0.1) is 0 Å². The second-order valence-electron chi connectivity index (χ2n) is 7.13. The molecule has 0 aliphatic carbocycles. The lowest BCUT2D eigenvalue weighted by molar-refractivity contribution is -0.122. The average molecular weight is 404 g/mol. The zero-order valence-electron chi connectivity index (χ0n) is 16.6. The van der Waals surface area contributed by atoms with Gasteiger partial charge in [-0.1, -0.05) is 18.2 Å². The number of benzene rings is 1. The summed E-state index contributed by atoms with van der Waals surface area (Å²) in [5.74, 6) is 0.455. The van der Waals surface area contributed by atoms with Gasteiger partial charge in [0.15, 0.2) is 0 Å². The Morgan fingerprint density at radius 1 is 0.900 bits per heavy atom. The number of para-hydroxylation sites is 1. The van der Waals surface area contributed by atoms with Gasteiger partial charge in [0.1, 0.15) is 12.4 Å². The third-order valence-electron chi connectivity index (χ3n) is 5.11. The normalized spacial score (nSPS) is 13.9. The van der Waals surface area contributed by atoms with E-state index in [2.05, 4.69) is 37.3 Å². The van der Waals surface area contributed by atoms with Gasteiger partial charge >= 0.3 is 0 Å². The largest absolute Gasteiger partial charge is 0.368 e. The first-order chi connectivity index (χ1) is 14.7. The van der Waals surface area contributed by atoms with Crippen LogP contribution in [0.3, 0.4) is 0 Å². The molecule has 2 aromatic heterocycles. The molecule has 0 saturated carbocycles. The zero-order valence-corrected chi connectivity index (χ0v) is 16.6. The highest BCUT2D eigenvalue weighted by Crippen LogP contribution is 2.18. The summed E-state index contributed by atoms with van der Waals surface area (Å²) in [5.41, 5.74) is 1.87. The van der Waals surface area contributed by atoms with E-state index in [1.807, 2.05) is 30.3 Å². The lowest BCUT2D eigenvalue weighted by Crippen LogP contribution is -2.47. The molecule has 1 saturated heterocycles. The molecule has 0 bridgehead atoms. The van der Waals surface area contributed by atoms with Crippen LogP contribution in [0.15, 0.2) is 71.8 Å². The Morgan fingerprint density at radius 3 is 2.33 bits per heavy atom. The van der Waals surface area contributed by atoms with Gasteiger partial charge in [-0.05, 0) is 35.9 Å². The van der Waals surface area contributed by atoms with Gasteiger partial charge in [-0.25, -0.2) is 4.68 Å². The number of pyridine rings is 1. The Labute approximate surface area is 174 Å². The number of carbonyl (C=O) groups excluding carboxylic acids is 1. The summed E-state index contributed by atoms with van der Waals surface area (Å²) >= 11 is 0. The van der Waals surface area contributed by atoms with E-state index < -0.39 is 0 Å². The number of piperazine rings is 1. The number of aromatic nitrogens is 3. The maximum absolute atomic E-state index is 12.3. The third-order valence-corrected chi connectivity index (χ3v) is 5.11. The Kier molecular flexibility index (Phi) is 6.03. The van der Waals surface area contributed by atoms with Crippen molar-refractivity contribution in [2.24, 2.45) is 0 Å². The number of rotatable bonds is 6. The van der Waals surface area contributed by atoms with E-state index in [-0.39, 0.29) is 18.0 Å². The highest BCUT2D eigenvalue weighted by atomic mass is 16.2. The van der Waals surface area contributed by atoms with Crippen LogP contribution in [0.4, 0.5) is 11.5 Å². The fraction of sp³-hybridized carbons (Fsp3) is 0.273. The van der Waals surface area contributed by atoms with Crippen LogP contribution >= 0.6 is 0 Å². The number of carbonyl (C=O) groups is 1. The molecule has 1 aromatic carbocycles. The van der Waals surface area contributed by atoms with E-state index in [1.165, 1.54) is 16.4 Å². The van der Waals surface area contributed by atoms with Gasteiger partial charge < -0.3 is 15.1 Å². The van der Waals surface area contributed by atoms with Crippen LogP contribution in [-0.2, 0) is 17.9 Å². The predicted molar refractivity (Wildman–Crippen MR) is 115 cm³/mol. The van der Waals surface area contributed by atoms with Gasteiger partial charge in [-0.3, -0.25) is 14.6 Å². The van der Waals surface area contributed by atoms with Gasteiger partial charge in [-0.2, -0.15) is 5.10 Å². The standard InChI is InChI=1S/C22H24N6O2/c29-21(24-16-18-8-10-23-11-9-18)17-28-22(30)7-6-20(25-28)27-14-12-26(13-15-27)19-4-2-1-3-5-19/h1-11H,12-17H2,(H,24,29). The molecule has 30 heavy (non-hydrogen) atoms. The molecule has 0 unspecified atom stereocenters. The molecular formula is C22H24N6O2. The van der Waals surface area contributed by atoms with Crippen LogP contribution in [0.1, 0.15) is 5.56 Å². The minimum absolute atomic E-state index is 0.109. The molecule has 0 radical (unpaired) electrons. The second-order valence-corrected chi connectivity index (χ2v) is 7.13. The van der Waals surface area contributed by atoms with Crippen LogP contribution in [0.2, 0.25) is 0 Å².